The summed E-state index contributed by atoms with van der Waals surface area (Å²) in [6, 6.07) is 0.897. The molecule has 1 aromatic carbocycles. The maximum Gasteiger partial charge on any atom is 0.305 e. The third kappa shape index (κ3) is 2.98. The van der Waals surface area contributed by atoms with Crippen molar-refractivity contribution in [2.45, 2.75) is 12.1 Å². The molecule has 2 atom stereocenters. The van der Waals surface area contributed by atoms with Crippen LogP contribution in [0.5, 0.6) is 0 Å². The lowest BCUT2D eigenvalue weighted by Gasteiger charge is -2.18. The molecule has 1 aliphatic rings. The van der Waals surface area contributed by atoms with E-state index in [9.17, 15) is 23.7 Å². The summed E-state index contributed by atoms with van der Waals surface area (Å²) in [6.45, 7) is 0.865. The number of benzene rings is 1. The van der Waals surface area contributed by atoms with Gasteiger partial charge in [0.1, 0.15) is 11.4 Å². The lowest BCUT2D eigenvalue weighted by molar-refractivity contribution is -0.387. The fourth-order valence-electron chi connectivity index (χ4n) is 2.18. The zero-order valence-corrected chi connectivity index (χ0v) is 11.1. The maximum atomic E-state index is 13.9. The Labute approximate surface area is 118 Å². The van der Waals surface area contributed by atoms with Crippen LogP contribution >= 0.6 is 0 Å². The second-order valence-electron chi connectivity index (χ2n) is 4.52. The van der Waals surface area contributed by atoms with Gasteiger partial charge in [-0.15, -0.1) is 0 Å². The topological polar surface area (TPSA) is 93.5 Å². The first-order chi connectivity index (χ1) is 9.95. The molecular weight excluding hydrogens is 288 g/mol. The molecule has 0 aliphatic carbocycles. The predicted molar refractivity (Wildman–Crippen MR) is 67.9 cm³/mol. The Morgan fingerprint density at radius 1 is 1.48 bits per heavy atom. The van der Waals surface area contributed by atoms with Crippen LogP contribution in [0.15, 0.2) is 12.1 Å². The summed E-state index contributed by atoms with van der Waals surface area (Å²) in [5.41, 5.74) is -1.92. The van der Waals surface area contributed by atoms with Crippen molar-refractivity contribution in [3.05, 3.63) is 39.4 Å². The monoisotopic (exact) mass is 301 g/mol. The number of ether oxygens (including phenoxy) is 1. The van der Waals surface area contributed by atoms with Gasteiger partial charge in [0.25, 0.3) is 5.91 Å². The zero-order chi connectivity index (χ0) is 15.6. The molecule has 2 N–H and O–H groups in total. The van der Waals surface area contributed by atoms with Crippen molar-refractivity contribution in [3.8, 4) is 0 Å². The van der Waals surface area contributed by atoms with E-state index in [1.165, 1.54) is 7.11 Å². The van der Waals surface area contributed by atoms with Gasteiger partial charge in [0.2, 0.25) is 5.82 Å². The highest BCUT2D eigenvalue weighted by Crippen LogP contribution is 2.23. The highest BCUT2D eigenvalue weighted by atomic mass is 19.1. The minimum Gasteiger partial charge on any atom is -0.378 e. The number of rotatable bonds is 4. The van der Waals surface area contributed by atoms with Gasteiger partial charge in [0.15, 0.2) is 0 Å². The van der Waals surface area contributed by atoms with Gasteiger partial charge in [-0.05, 0) is 6.07 Å². The Bertz CT molecular complexity index is 582. The molecule has 0 spiro atoms. The molecule has 0 saturated carbocycles. The summed E-state index contributed by atoms with van der Waals surface area (Å²) in [5, 5.41) is 16.0. The number of carbonyl (C=O) groups is 1. The first kappa shape index (κ1) is 15.3. The van der Waals surface area contributed by atoms with Gasteiger partial charge in [0, 0.05) is 26.3 Å². The molecule has 1 saturated heterocycles. The first-order valence-corrected chi connectivity index (χ1v) is 6.12. The number of amides is 1. The Hall–Kier alpha value is -2.13. The molecule has 1 fully saturated rings. The van der Waals surface area contributed by atoms with Crippen molar-refractivity contribution < 1.29 is 23.2 Å². The number of nitro groups is 1. The number of nitro benzene ring substituents is 1. The van der Waals surface area contributed by atoms with E-state index in [2.05, 4.69) is 10.6 Å². The van der Waals surface area contributed by atoms with Crippen molar-refractivity contribution in [2.24, 2.45) is 0 Å². The van der Waals surface area contributed by atoms with Crippen LogP contribution in [0, 0.1) is 21.7 Å². The van der Waals surface area contributed by atoms with Crippen LogP contribution in [0.1, 0.15) is 10.4 Å². The van der Waals surface area contributed by atoms with E-state index in [4.69, 9.17) is 4.74 Å². The molecule has 0 radical (unpaired) electrons. The second kappa shape index (κ2) is 6.10. The zero-order valence-electron chi connectivity index (χ0n) is 11.1. The number of nitrogens with one attached hydrogen (secondary N) is 2. The Morgan fingerprint density at radius 3 is 2.81 bits per heavy atom. The summed E-state index contributed by atoms with van der Waals surface area (Å²) in [6.07, 6.45) is -0.334. The Morgan fingerprint density at radius 2 is 2.19 bits per heavy atom. The number of hydrogen-bond donors (Lipinski definition) is 2. The number of nitrogens with zero attached hydrogens (tertiary/aromatic N) is 1. The molecule has 9 heteroatoms. The lowest BCUT2D eigenvalue weighted by Crippen LogP contribution is -2.44. The van der Waals surface area contributed by atoms with Gasteiger partial charge in [-0.1, -0.05) is 0 Å². The van der Waals surface area contributed by atoms with Crippen LogP contribution < -0.4 is 10.6 Å². The normalized spacial score (nSPS) is 21.3. The van der Waals surface area contributed by atoms with Crippen LogP contribution in [0.3, 0.4) is 0 Å². The second-order valence-corrected chi connectivity index (χ2v) is 4.52. The van der Waals surface area contributed by atoms with Gasteiger partial charge in [-0.2, -0.15) is 4.39 Å². The molecule has 114 valence electrons. The van der Waals surface area contributed by atoms with E-state index < -0.39 is 39.8 Å². The van der Waals surface area contributed by atoms with Crippen molar-refractivity contribution >= 4 is 11.6 Å². The number of halogens is 2. The number of carbonyl (C=O) groups excluding carboxylic acids is 1. The summed E-state index contributed by atoms with van der Waals surface area (Å²) in [7, 11) is 1.45. The molecular formula is C12H13F2N3O4. The smallest absolute Gasteiger partial charge is 0.305 e. The average Bonchev–Trinajstić information content (AvgIpc) is 2.85. The maximum absolute atomic E-state index is 13.9. The molecule has 1 aliphatic heterocycles. The molecule has 2 rings (SSSR count). The van der Waals surface area contributed by atoms with Gasteiger partial charge in [0.05, 0.1) is 17.1 Å². The molecule has 7 nitrogen and oxygen atoms in total. The fourth-order valence-corrected chi connectivity index (χ4v) is 2.18. The van der Waals surface area contributed by atoms with Crippen molar-refractivity contribution in [1.29, 1.82) is 0 Å². The van der Waals surface area contributed by atoms with Gasteiger partial charge in [-0.25, -0.2) is 4.39 Å². The summed E-state index contributed by atoms with van der Waals surface area (Å²) < 4.78 is 32.6. The van der Waals surface area contributed by atoms with E-state index in [0.717, 1.165) is 0 Å². The third-order valence-electron chi connectivity index (χ3n) is 3.27. The Kier molecular flexibility index (Phi) is 4.43. The largest absolute Gasteiger partial charge is 0.378 e. The van der Waals surface area contributed by atoms with E-state index in [1.807, 2.05) is 0 Å². The summed E-state index contributed by atoms with van der Waals surface area (Å²) >= 11 is 0. The molecule has 1 heterocycles. The van der Waals surface area contributed by atoms with Crippen LogP contribution in [0.25, 0.3) is 0 Å². The Balaban J connectivity index is 2.27. The standard InChI is InChI=1S/C12H13F2N3O4/c1-21-9-5-15-4-7(9)16-12(18)10-6(13)2-3-8(11(10)14)17(19)20/h2-3,7,9,15H,4-5H2,1H3,(H,16,18)/t7?,9-/m0/s1. The van der Waals surface area contributed by atoms with Gasteiger partial charge < -0.3 is 15.4 Å². The molecule has 0 bridgehead atoms. The van der Waals surface area contributed by atoms with Crippen molar-refractivity contribution in [1.82, 2.24) is 10.6 Å². The van der Waals surface area contributed by atoms with E-state index >= 15 is 0 Å². The molecule has 0 aromatic heterocycles. The van der Waals surface area contributed by atoms with E-state index in [1.54, 1.807) is 0 Å². The van der Waals surface area contributed by atoms with Gasteiger partial charge in [-0.3, -0.25) is 14.9 Å². The van der Waals surface area contributed by atoms with Crippen LogP contribution in [0.2, 0.25) is 0 Å². The van der Waals surface area contributed by atoms with Crippen molar-refractivity contribution in [2.75, 3.05) is 20.2 Å². The van der Waals surface area contributed by atoms with E-state index in [0.29, 0.717) is 25.2 Å². The molecule has 1 amide bonds. The quantitative estimate of drug-likeness (QED) is 0.627. The highest BCUT2D eigenvalue weighted by Gasteiger charge is 2.32. The molecule has 1 aromatic rings. The predicted octanol–water partition coefficient (Wildman–Crippen LogP) is 0.590. The average molecular weight is 301 g/mol. The molecule has 1 unspecified atom stereocenters. The number of methoxy groups -OCH3 is 1. The van der Waals surface area contributed by atoms with Gasteiger partial charge >= 0.3 is 5.69 Å². The van der Waals surface area contributed by atoms with E-state index in [-0.39, 0.29) is 6.10 Å². The first-order valence-electron chi connectivity index (χ1n) is 6.12. The van der Waals surface area contributed by atoms with Crippen LogP contribution in [0.4, 0.5) is 14.5 Å². The minimum absolute atomic E-state index is 0.334. The summed E-state index contributed by atoms with van der Waals surface area (Å²) in [4.78, 5) is 21.6. The fraction of sp³-hybridized carbons (Fsp3) is 0.417. The number of hydrogen-bond acceptors (Lipinski definition) is 5. The van der Waals surface area contributed by atoms with Crippen LogP contribution in [-0.4, -0.2) is 43.2 Å². The minimum atomic E-state index is -1.49. The SMILES string of the molecule is CO[C@H]1CNCC1NC(=O)c1c(F)ccc([N+](=O)[O-])c1F. The third-order valence-corrected chi connectivity index (χ3v) is 3.27. The lowest BCUT2D eigenvalue weighted by atomic mass is 10.1. The molecule has 21 heavy (non-hydrogen) atoms. The van der Waals surface area contributed by atoms with Crippen LogP contribution in [-0.2, 0) is 4.74 Å². The highest BCUT2D eigenvalue weighted by molar-refractivity contribution is 5.95. The van der Waals surface area contributed by atoms with Crippen molar-refractivity contribution in [3.63, 3.8) is 0 Å². The summed E-state index contributed by atoms with van der Waals surface area (Å²) in [5.74, 6) is -3.70.